The molecule has 7 nitrogen and oxygen atoms in total. The Labute approximate surface area is 199 Å². The largest absolute Gasteiger partial charge is 1.00 e. The Morgan fingerprint density at radius 2 is 1.19 bits per heavy atom. The first-order valence-corrected chi connectivity index (χ1v) is 9.28. The van der Waals surface area contributed by atoms with E-state index in [1.165, 1.54) is 0 Å². The molecule has 32 heavy (non-hydrogen) atoms. The van der Waals surface area contributed by atoms with Crippen LogP contribution >= 0.6 is 0 Å². The van der Waals surface area contributed by atoms with E-state index < -0.39 is 23.2 Å². The third-order valence-corrected chi connectivity index (χ3v) is 6.12. The van der Waals surface area contributed by atoms with Gasteiger partial charge in [0, 0.05) is 16.2 Å². The maximum atomic E-state index is 12.7. The second-order valence-electron chi connectivity index (χ2n) is 7.47. The number of carbonyl (C=O) groups excluding carboxylic acids is 2. The van der Waals surface area contributed by atoms with Gasteiger partial charge in [-0.2, -0.15) is 0 Å². The van der Waals surface area contributed by atoms with Gasteiger partial charge in [-0.1, -0.05) is 42.5 Å². The topological polar surface area (TPSA) is 121 Å². The molecule has 6 aromatic rings. The minimum absolute atomic E-state index is 0. The Balaban J connectivity index is 0.00000108. The summed E-state index contributed by atoms with van der Waals surface area (Å²) in [4.78, 5) is 50.5. The van der Waals surface area contributed by atoms with Gasteiger partial charge in [-0.25, -0.2) is 19.2 Å². The van der Waals surface area contributed by atoms with Crippen LogP contribution in [0, 0.1) is 0 Å². The number of carbonyl (C=O) groups is 2. The summed E-state index contributed by atoms with van der Waals surface area (Å²) in [7, 11) is 0. The maximum absolute atomic E-state index is 12.7. The van der Waals surface area contributed by atoms with Crippen LogP contribution in [0.3, 0.4) is 0 Å². The molecule has 1 aromatic heterocycles. The molecule has 0 amide bonds. The number of rotatable bonds is 0. The zero-order valence-corrected chi connectivity index (χ0v) is 18.5. The number of hydrogen-bond donors (Lipinski definition) is 0. The molecule has 0 radical (unpaired) electrons. The fourth-order valence-electron chi connectivity index (χ4n) is 5.05. The molecule has 0 bridgehead atoms. The van der Waals surface area contributed by atoms with E-state index >= 15 is 0 Å². The summed E-state index contributed by atoms with van der Waals surface area (Å²) in [6.45, 7) is 0. The van der Waals surface area contributed by atoms with Crippen LogP contribution in [0.2, 0.25) is 0 Å². The van der Waals surface area contributed by atoms with Crippen LogP contribution in [-0.2, 0) is 4.74 Å². The van der Waals surface area contributed by atoms with Crippen molar-refractivity contribution >= 4 is 65.8 Å². The van der Waals surface area contributed by atoms with Crippen LogP contribution in [0.1, 0.15) is 20.7 Å². The smallest absolute Gasteiger partial charge is 0.870 e. The summed E-state index contributed by atoms with van der Waals surface area (Å²) in [5, 5.41) is 5.75. The zero-order chi connectivity index (χ0) is 20.3. The normalized spacial score (nSPS) is 13.1. The average Bonchev–Trinajstić information content (AvgIpc) is 3.03. The third kappa shape index (κ3) is 2.18. The van der Waals surface area contributed by atoms with Gasteiger partial charge in [-0.15, -0.1) is 0 Å². The predicted octanol–water partition coefficient (Wildman–Crippen LogP) is 0.779. The Bertz CT molecular complexity index is 1900. The maximum Gasteiger partial charge on any atom is 1.00 e. The number of furan rings is 1. The molecule has 2 heterocycles. The summed E-state index contributed by atoms with van der Waals surface area (Å²) in [6, 6.07) is 15.0. The molecule has 0 unspecified atom stereocenters. The van der Waals surface area contributed by atoms with E-state index in [0.717, 1.165) is 26.9 Å². The van der Waals surface area contributed by atoms with Gasteiger partial charge in [0.05, 0.1) is 21.9 Å². The molecule has 0 saturated carbocycles. The second kappa shape index (κ2) is 6.57. The molecule has 8 heteroatoms. The van der Waals surface area contributed by atoms with Crippen LogP contribution in [0.15, 0.2) is 62.5 Å². The fraction of sp³-hybridized carbons (Fsp3) is 0. The summed E-state index contributed by atoms with van der Waals surface area (Å²) in [5.41, 5.74) is -1.61. The molecule has 5 aromatic carbocycles. The van der Waals surface area contributed by atoms with Crippen molar-refractivity contribution in [3.63, 3.8) is 0 Å². The predicted molar refractivity (Wildman–Crippen MR) is 113 cm³/mol. The Kier molecular flexibility index (Phi) is 4.22. The Hall–Kier alpha value is -3.36. The quantitative estimate of drug-likeness (QED) is 0.114. The Morgan fingerprint density at radius 3 is 1.94 bits per heavy atom. The van der Waals surface area contributed by atoms with Crippen molar-refractivity contribution in [2.75, 3.05) is 0 Å². The van der Waals surface area contributed by atoms with Gasteiger partial charge in [0.25, 0.3) is 0 Å². The molecule has 0 aliphatic carbocycles. The van der Waals surface area contributed by atoms with Gasteiger partial charge in [0.15, 0.2) is 0 Å². The van der Waals surface area contributed by atoms with Crippen LogP contribution < -0.4 is 40.8 Å². The minimum atomic E-state index is -0.948. The molecular formula is C24H9NaO7. The molecule has 1 aliphatic heterocycles. The first-order chi connectivity index (χ1) is 14.6. The zero-order valence-electron chi connectivity index (χ0n) is 16.5. The number of ether oxygens (including phenoxy) is 1. The molecule has 148 valence electrons. The first kappa shape index (κ1) is 20.5. The number of esters is 2. The average molecular weight is 432 g/mol. The van der Waals surface area contributed by atoms with E-state index in [4.69, 9.17) is 9.15 Å². The summed E-state index contributed by atoms with van der Waals surface area (Å²) < 4.78 is 9.78. The van der Waals surface area contributed by atoms with Gasteiger partial charge in [-0.05, 0) is 33.0 Å². The molecule has 7 rings (SSSR count). The molecule has 1 N–H and O–H groups in total. The molecule has 0 atom stereocenters. The second-order valence-corrected chi connectivity index (χ2v) is 7.47. The standard InChI is InChI=1S/C24H8O6.Na.H2O/c25-21-13-8-7-11-10-5-1-3-9-4-2-6-12(14(9)10)16-15(11)17(13)19(22(26)29-21)20-18(16)23(27)30-24(20)28;;/h1-8H;;1H2/q;+1;/p-1. The van der Waals surface area contributed by atoms with Crippen LogP contribution in [0.25, 0.3) is 53.9 Å². The SMILES string of the molecule is O=C1OC(=O)c2c3c1ccc1c4cccc5cccc(c54)c(c4c(=O)oc(=O)c24)c31.[Na+].[OH-]. The molecule has 0 spiro atoms. The number of hydrogen-bond acceptors (Lipinski definition) is 7. The summed E-state index contributed by atoms with van der Waals surface area (Å²) in [6.07, 6.45) is 0. The molecular weight excluding hydrogens is 423 g/mol. The van der Waals surface area contributed by atoms with Crippen molar-refractivity contribution in [1.29, 1.82) is 0 Å². The number of cyclic esters (lactones) is 2. The van der Waals surface area contributed by atoms with E-state index in [1.807, 2.05) is 36.4 Å². The number of fused-ring (bicyclic) bond motifs is 5. The third-order valence-electron chi connectivity index (χ3n) is 6.12. The number of benzene rings is 5. The van der Waals surface area contributed by atoms with E-state index in [9.17, 15) is 19.2 Å². The van der Waals surface area contributed by atoms with Gasteiger partial charge >= 0.3 is 52.7 Å². The van der Waals surface area contributed by atoms with Crippen molar-refractivity contribution in [2.45, 2.75) is 0 Å². The van der Waals surface area contributed by atoms with Crippen molar-refractivity contribution in [2.24, 2.45) is 0 Å². The van der Waals surface area contributed by atoms with Crippen LogP contribution in [0.4, 0.5) is 0 Å². The van der Waals surface area contributed by atoms with Crippen molar-refractivity contribution in [3.05, 3.63) is 80.5 Å². The van der Waals surface area contributed by atoms with Crippen LogP contribution in [0.5, 0.6) is 0 Å². The van der Waals surface area contributed by atoms with Gasteiger partial charge in [-0.3, -0.25) is 0 Å². The summed E-state index contributed by atoms with van der Waals surface area (Å²) in [5.74, 6) is -1.73. The van der Waals surface area contributed by atoms with E-state index in [1.54, 1.807) is 12.1 Å². The van der Waals surface area contributed by atoms with Gasteiger partial charge in [0.2, 0.25) is 0 Å². The monoisotopic (exact) mass is 432 g/mol. The minimum Gasteiger partial charge on any atom is -0.870 e. The van der Waals surface area contributed by atoms with Crippen molar-refractivity contribution in [3.8, 4) is 0 Å². The molecule has 0 saturated heterocycles. The van der Waals surface area contributed by atoms with Gasteiger partial charge < -0.3 is 14.6 Å². The van der Waals surface area contributed by atoms with E-state index in [0.29, 0.717) is 16.2 Å². The first-order valence-electron chi connectivity index (χ1n) is 9.28. The summed E-state index contributed by atoms with van der Waals surface area (Å²) >= 11 is 0. The van der Waals surface area contributed by atoms with Gasteiger partial charge in [0.1, 0.15) is 0 Å². The van der Waals surface area contributed by atoms with E-state index in [2.05, 4.69) is 0 Å². The van der Waals surface area contributed by atoms with E-state index in [-0.39, 0.29) is 56.9 Å². The molecule has 1 aliphatic rings. The Morgan fingerprint density at radius 1 is 0.562 bits per heavy atom. The molecule has 0 fully saturated rings. The fourth-order valence-corrected chi connectivity index (χ4v) is 5.05. The van der Waals surface area contributed by atoms with Crippen molar-refractivity contribution in [1.82, 2.24) is 0 Å². The van der Waals surface area contributed by atoms with Crippen molar-refractivity contribution < 1.29 is 53.8 Å². The van der Waals surface area contributed by atoms with Crippen LogP contribution in [-0.4, -0.2) is 17.4 Å².